The van der Waals surface area contributed by atoms with Crippen molar-refractivity contribution in [3.05, 3.63) is 77.3 Å². The second kappa shape index (κ2) is 10.1. The van der Waals surface area contributed by atoms with E-state index in [0.29, 0.717) is 16.8 Å². The number of carbonyl (C=O) groups is 1. The first-order valence-corrected chi connectivity index (χ1v) is 12.2. The van der Waals surface area contributed by atoms with Gasteiger partial charge in [-0.2, -0.15) is 0 Å². The normalized spacial score (nSPS) is 11.8. The van der Waals surface area contributed by atoms with Gasteiger partial charge in [0.25, 0.3) is 0 Å². The highest BCUT2D eigenvalue weighted by Crippen LogP contribution is 2.38. The Labute approximate surface area is 200 Å². The minimum atomic E-state index is -4.85. The van der Waals surface area contributed by atoms with Gasteiger partial charge < -0.3 is 9.64 Å². The molecule has 34 heavy (non-hydrogen) atoms. The number of anilines is 1. The number of alkyl halides is 3. The Hall–Kier alpha value is -3.04. The molecule has 3 rings (SSSR count). The Morgan fingerprint density at radius 2 is 1.65 bits per heavy atom. The van der Waals surface area contributed by atoms with Crippen molar-refractivity contribution >= 4 is 33.0 Å². The fourth-order valence-electron chi connectivity index (χ4n) is 3.25. The molecule has 3 aromatic carbocycles. The molecule has 0 atom stereocenters. The molecule has 0 aliphatic rings. The number of para-hydroxylation sites is 1. The van der Waals surface area contributed by atoms with E-state index in [-0.39, 0.29) is 39.3 Å². The topological polar surface area (TPSA) is 63.7 Å². The SMILES string of the molecule is CCS(=O)(=O)c1ccc(CC(=O)N(C)c2ccc(-c3ccccc3OC(F)(F)F)c(Cl)c2)cc1. The number of ether oxygens (including phenoxy) is 1. The van der Waals surface area contributed by atoms with Crippen molar-refractivity contribution in [2.75, 3.05) is 17.7 Å². The summed E-state index contributed by atoms with van der Waals surface area (Å²) in [6.07, 6.45) is -4.83. The molecular weight excluding hydrogens is 491 g/mol. The van der Waals surface area contributed by atoms with E-state index in [0.717, 1.165) is 0 Å². The number of amides is 1. The van der Waals surface area contributed by atoms with Crippen LogP contribution < -0.4 is 9.64 Å². The van der Waals surface area contributed by atoms with Crippen LogP contribution in [0.3, 0.4) is 0 Å². The second-order valence-corrected chi connectivity index (χ2v) is 10.1. The number of halogens is 4. The molecule has 10 heteroatoms. The van der Waals surface area contributed by atoms with Gasteiger partial charge in [-0.05, 0) is 35.9 Å². The lowest BCUT2D eigenvalue weighted by molar-refractivity contribution is -0.274. The van der Waals surface area contributed by atoms with Crippen LogP contribution >= 0.6 is 11.6 Å². The molecule has 0 aromatic heterocycles. The summed E-state index contributed by atoms with van der Waals surface area (Å²) in [4.78, 5) is 14.3. The van der Waals surface area contributed by atoms with E-state index in [1.165, 1.54) is 47.4 Å². The highest BCUT2D eigenvalue weighted by atomic mass is 35.5. The smallest absolute Gasteiger partial charge is 0.405 e. The Morgan fingerprint density at radius 1 is 1.00 bits per heavy atom. The van der Waals surface area contributed by atoms with E-state index in [1.807, 2.05) is 0 Å². The molecule has 5 nitrogen and oxygen atoms in total. The zero-order chi connectivity index (χ0) is 25.1. The summed E-state index contributed by atoms with van der Waals surface area (Å²) in [5, 5.41) is 0.143. The summed E-state index contributed by atoms with van der Waals surface area (Å²) in [6, 6.07) is 16.3. The first-order valence-electron chi connectivity index (χ1n) is 10.1. The summed E-state index contributed by atoms with van der Waals surface area (Å²) in [6.45, 7) is 1.56. The Balaban J connectivity index is 1.79. The Kier molecular flexibility index (Phi) is 7.57. The van der Waals surface area contributed by atoms with Crippen molar-refractivity contribution in [1.82, 2.24) is 0 Å². The molecule has 0 radical (unpaired) electrons. The van der Waals surface area contributed by atoms with Gasteiger partial charge in [-0.3, -0.25) is 4.79 Å². The molecule has 3 aromatic rings. The predicted octanol–water partition coefficient (Wildman–Crippen LogP) is 5.90. The van der Waals surface area contributed by atoms with Crippen LogP contribution in [0.4, 0.5) is 18.9 Å². The van der Waals surface area contributed by atoms with Gasteiger partial charge in [0.1, 0.15) is 5.75 Å². The number of benzene rings is 3. The van der Waals surface area contributed by atoms with Crippen molar-refractivity contribution in [3.63, 3.8) is 0 Å². The molecule has 0 aliphatic heterocycles. The Bertz CT molecular complexity index is 1290. The minimum absolute atomic E-state index is 0.0163. The molecule has 0 saturated heterocycles. The van der Waals surface area contributed by atoms with Crippen LogP contribution in [0.5, 0.6) is 5.75 Å². The second-order valence-electron chi connectivity index (χ2n) is 7.39. The first kappa shape index (κ1) is 25.6. The van der Waals surface area contributed by atoms with Crippen LogP contribution in [0.2, 0.25) is 5.02 Å². The predicted molar refractivity (Wildman–Crippen MR) is 125 cm³/mol. The van der Waals surface area contributed by atoms with Crippen LogP contribution in [-0.4, -0.2) is 33.5 Å². The maximum atomic E-state index is 12.7. The largest absolute Gasteiger partial charge is 0.573 e. The van der Waals surface area contributed by atoms with E-state index in [1.54, 1.807) is 38.2 Å². The minimum Gasteiger partial charge on any atom is -0.405 e. The van der Waals surface area contributed by atoms with Crippen LogP contribution in [0.1, 0.15) is 12.5 Å². The monoisotopic (exact) mass is 511 g/mol. The van der Waals surface area contributed by atoms with Crippen molar-refractivity contribution in [3.8, 4) is 16.9 Å². The standard InChI is InChI=1S/C24H21ClF3NO4S/c1-3-34(31,32)18-11-8-16(9-12-18)14-23(30)29(2)17-10-13-19(21(25)15-17)20-6-4-5-7-22(20)33-24(26,27)28/h4-13,15H,3,14H2,1-2H3. The lowest BCUT2D eigenvalue weighted by Crippen LogP contribution is -2.27. The molecule has 0 fully saturated rings. The van der Waals surface area contributed by atoms with Crippen molar-refractivity contribution in [2.24, 2.45) is 0 Å². The number of carbonyl (C=O) groups excluding carboxylic acids is 1. The first-order chi connectivity index (χ1) is 15.9. The molecule has 0 aliphatic carbocycles. The van der Waals surface area contributed by atoms with Gasteiger partial charge in [-0.25, -0.2) is 8.42 Å². The van der Waals surface area contributed by atoms with Gasteiger partial charge in [-0.1, -0.05) is 54.9 Å². The molecule has 0 unspecified atom stereocenters. The highest BCUT2D eigenvalue weighted by Gasteiger charge is 2.32. The Morgan fingerprint density at radius 3 is 2.24 bits per heavy atom. The maximum Gasteiger partial charge on any atom is 0.573 e. The lowest BCUT2D eigenvalue weighted by Gasteiger charge is -2.19. The van der Waals surface area contributed by atoms with Crippen LogP contribution in [-0.2, 0) is 21.1 Å². The van der Waals surface area contributed by atoms with E-state index in [2.05, 4.69) is 4.74 Å². The number of nitrogens with zero attached hydrogens (tertiary/aromatic N) is 1. The zero-order valence-electron chi connectivity index (χ0n) is 18.3. The molecule has 0 spiro atoms. The number of rotatable bonds is 7. The summed E-state index contributed by atoms with van der Waals surface area (Å²) in [5.41, 5.74) is 1.55. The fourth-order valence-corrected chi connectivity index (χ4v) is 4.41. The van der Waals surface area contributed by atoms with Gasteiger partial charge in [-0.15, -0.1) is 13.2 Å². The average Bonchev–Trinajstić information content (AvgIpc) is 2.78. The van der Waals surface area contributed by atoms with Crippen molar-refractivity contribution in [1.29, 1.82) is 0 Å². The molecule has 180 valence electrons. The summed E-state index contributed by atoms with van der Waals surface area (Å²) >= 11 is 6.36. The third-order valence-corrected chi connectivity index (χ3v) is 7.20. The average molecular weight is 512 g/mol. The highest BCUT2D eigenvalue weighted by molar-refractivity contribution is 7.91. The van der Waals surface area contributed by atoms with Crippen molar-refractivity contribution in [2.45, 2.75) is 24.6 Å². The van der Waals surface area contributed by atoms with Gasteiger partial charge in [0.15, 0.2) is 9.84 Å². The number of hydrogen-bond acceptors (Lipinski definition) is 4. The molecule has 0 N–H and O–H groups in total. The third-order valence-electron chi connectivity index (χ3n) is 5.13. The zero-order valence-corrected chi connectivity index (χ0v) is 19.8. The van der Waals surface area contributed by atoms with Crippen molar-refractivity contribution < 1.29 is 31.1 Å². The fraction of sp³-hybridized carbons (Fsp3) is 0.208. The molecule has 0 saturated carbocycles. The maximum absolute atomic E-state index is 12.7. The van der Waals surface area contributed by atoms with E-state index in [4.69, 9.17) is 11.6 Å². The number of hydrogen-bond donors (Lipinski definition) is 0. The van der Waals surface area contributed by atoms with Crippen LogP contribution in [0.25, 0.3) is 11.1 Å². The van der Waals surface area contributed by atoms with Gasteiger partial charge in [0.05, 0.1) is 22.1 Å². The van der Waals surface area contributed by atoms with E-state index in [9.17, 15) is 26.4 Å². The summed E-state index contributed by atoms with van der Waals surface area (Å²) in [7, 11) is -1.78. The summed E-state index contributed by atoms with van der Waals surface area (Å²) < 4.78 is 66.2. The van der Waals surface area contributed by atoms with Gasteiger partial charge >= 0.3 is 6.36 Å². The van der Waals surface area contributed by atoms with E-state index < -0.39 is 16.2 Å². The third kappa shape index (κ3) is 6.09. The lowest BCUT2D eigenvalue weighted by atomic mass is 10.0. The summed E-state index contributed by atoms with van der Waals surface area (Å²) in [5.74, 6) is -0.685. The van der Waals surface area contributed by atoms with Gasteiger partial charge in [0.2, 0.25) is 5.91 Å². The quantitative estimate of drug-likeness (QED) is 0.396. The van der Waals surface area contributed by atoms with E-state index >= 15 is 0 Å². The van der Waals surface area contributed by atoms with Crippen LogP contribution in [0.15, 0.2) is 71.6 Å². The number of sulfone groups is 1. The van der Waals surface area contributed by atoms with Crippen LogP contribution in [0, 0.1) is 0 Å². The molecule has 0 bridgehead atoms. The number of likely N-dealkylation sites (N-methyl/N-ethyl adjacent to an activating group) is 1. The van der Waals surface area contributed by atoms with Gasteiger partial charge in [0, 0.05) is 23.9 Å². The molecular formula is C24H21ClF3NO4S. The molecule has 1 amide bonds. The molecule has 0 heterocycles.